The molecular formula is C12H16N2O. The van der Waals surface area contributed by atoms with E-state index in [1.165, 1.54) is 0 Å². The van der Waals surface area contributed by atoms with Crippen molar-refractivity contribution in [1.29, 1.82) is 0 Å². The number of benzene rings is 1. The van der Waals surface area contributed by atoms with Crippen molar-refractivity contribution in [3.05, 3.63) is 30.3 Å². The molecule has 0 saturated carbocycles. The van der Waals surface area contributed by atoms with Gasteiger partial charge in [-0.05, 0) is 19.1 Å². The van der Waals surface area contributed by atoms with Crippen molar-refractivity contribution in [3.63, 3.8) is 0 Å². The van der Waals surface area contributed by atoms with Gasteiger partial charge < -0.3 is 5.11 Å². The van der Waals surface area contributed by atoms with Gasteiger partial charge in [0.15, 0.2) is 6.23 Å². The molecule has 0 spiro atoms. The first-order valence-corrected chi connectivity index (χ1v) is 5.11. The van der Waals surface area contributed by atoms with Crippen LogP contribution in [-0.2, 0) is 0 Å². The molecule has 1 N–H and O–H groups in total. The van der Waals surface area contributed by atoms with E-state index in [9.17, 15) is 5.11 Å². The van der Waals surface area contributed by atoms with Gasteiger partial charge in [-0.2, -0.15) is 5.10 Å². The second-order valence-electron chi connectivity index (χ2n) is 4.46. The molecule has 0 radical (unpaired) electrons. The minimum Gasteiger partial charge on any atom is -0.371 e. The summed E-state index contributed by atoms with van der Waals surface area (Å²) in [4.78, 5) is 0. The van der Waals surface area contributed by atoms with Crippen LogP contribution in [0.15, 0.2) is 35.4 Å². The molecule has 1 heterocycles. The van der Waals surface area contributed by atoms with E-state index in [4.69, 9.17) is 0 Å². The second-order valence-corrected chi connectivity index (χ2v) is 4.46. The molecule has 1 unspecified atom stereocenters. The Bertz CT molecular complexity index is 384. The summed E-state index contributed by atoms with van der Waals surface area (Å²) in [5, 5.41) is 16.2. The van der Waals surface area contributed by atoms with Crippen LogP contribution in [0.5, 0.6) is 0 Å². The van der Waals surface area contributed by atoms with Crippen LogP contribution in [-0.4, -0.2) is 17.0 Å². The van der Waals surface area contributed by atoms with Crippen molar-refractivity contribution in [3.8, 4) is 0 Å². The first-order chi connectivity index (χ1) is 7.03. The summed E-state index contributed by atoms with van der Waals surface area (Å²) in [6.45, 7) is 5.95. The lowest BCUT2D eigenvalue weighted by Gasteiger charge is -2.27. The number of hydrogen-bond acceptors (Lipinski definition) is 3. The third-order valence-corrected chi connectivity index (χ3v) is 3.09. The molecule has 0 fully saturated rings. The molecule has 0 aromatic heterocycles. The largest absolute Gasteiger partial charge is 0.371 e. The van der Waals surface area contributed by atoms with E-state index >= 15 is 0 Å². The van der Waals surface area contributed by atoms with Gasteiger partial charge in [0.1, 0.15) is 0 Å². The number of hydrogen-bond donors (Lipinski definition) is 1. The first-order valence-electron chi connectivity index (χ1n) is 5.11. The van der Waals surface area contributed by atoms with Gasteiger partial charge in [0.2, 0.25) is 0 Å². The summed E-state index contributed by atoms with van der Waals surface area (Å²) >= 11 is 0. The van der Waals surface area contributed by atoms with Gasteiger partial charge in [0.25, 0.3) is 0 Å². The lowest BCUT2D eigenvalue weighted by molar-refractivity contribution is 0.103. The van der Waals surface area contributed by atoms with E-state index < -0.39 is 6.23 Å². The molecule has 3 nitrogen and oxygen atoms in total. The predicted molar refractivity (Wildman–Crippen MR) is 61.8 cm³/mol. The molecule has 80 valence electrons. The van der Waals surface area contributed by atoms with E-state index in [0.717, 1.165) is 11.4 Å². The van der Waals surface area contributed by atoms with Crippen LogP contribution in [0.4, 0.5) is 5.69 Å². The molecule has 0 saturated heterocycles. The highest BCUT2D eigenvalue weighted by molar-refractivity contribution is 5.91. The number of rotatable bonds is 1. The molecule has 1 atom stereocenters. The highest BCUT2D eigenvalue weighted by Gasteiger charge is 2.41. The van der Waals surface area contributed by atoms with Crippen LogP contribution in [0.3, 0.4) is 0 Å². The Morgan fingerprint density at radius 1 is 1.27 bits per heavy atom. The maximum absolute atomic E-state index is 10.2. The normalized spacial score (nSPS) is 24.1. The Labute approximate surface area is 90.0 Å². The molecule has 0 bridgehead atoms. The Morgan fingerprint density at radius 3 is 2.33 bits per heavy atom. The Kier molecular flexibility index (Phi) is 2.27. The third-order valence-electron chi connectivity index (χ3n) is 3.09. The predicted octanol–water partition coefficient (Wildman–Crippen LogP) is 2.23. The molecule has 0 amide bonds. The summed E-state index contributed by atoms with van der Waals surface area (Å²) < 4.78 is 0. The van der Waals surface area contributed by atoms with E-state index in [1.54, 1.807) is 5.01 Å². The topological polar surface area (TPSA) is 35.8 Å². The highest BCUT2D eigenvalue weighted by atomic mass is 16.3. The maximum Gasteiger partial charge on any atom is 0.157 e. The van der Waals surface area contributed by atoms with Crippen molar-refractivity contribution >= 4 is 11.4 Å². The molecule has 15 heavy (non-hydrogen) atoms. The van der Waals surface area contributed by atoms with E-state index in [1.807, 2.05) is 51.1 Å². The Hall–Kier alpha value is -1.35. The van der Waals surface area contributed by atoms with E-state index in [-0.39, 0.29) is 5.41 Å². The van der Waals surface area contributed by atoms with Crippen molar-refractivity contribution in [2.45, 2.75) is 27.0 Å². The van der Waals surface area contributed by atoms with Crippen LogP contribution >= 0.6 is 0 Å². The highest BCUT2D eigenvalue weighted by Crippen LogP contribution is 2.35. The van der Waals surface area contributed by atoms with Gasteiger partial charge in [-0.15, -0.1) is 0 Å². The molecular weight excluding hydrogens is 188 g/mol. The van der Waals surface area contributed by atoms with Gasteiger partial charge in [-0.3, -0.25) is 0 Å². The maximum atomic E-state index is 10.2. The fraction of sp³-hybridized carbons (Fsp3) is 0.417. The number of aliphatic hydroxyl groups excluding tert-OH is 1. The number of anilines is 1. The number of aliphatic hydroxyl groups is 1. The molecule has 1 aromatic rings. The fourth-order valence-electron chi connectivity index (χ4n) is 1.62. The average molecular weight is 204 g/mol. The lowest BCUT2D eigenvalue weighted by Crippen LogP contribution is -2.38. The quantitative estimate of drug-likeness (QED) is 0.761. The minimum atomic E-state index is -0.583. The lowest BCUT2D eigenvalue weighted by atomic mass is 9.87. The van der Waals surface area contributed by atoms with Crippen LogP contribution < -0.4 is 5.01 Å². The number of nitrogens with zero attached hydrogens (tertiary/aromatic N) is 2. The zero-order chi connectivity index (χ0) is 11.1. The summed E-state index contributed by atoms with van der Waals surface area (Å²) in [6.07, 6.45) is -0.583. The summed E-state index contributed by atoms with van der Waals surface area (Å²) in [5.41, 5.74) is 1.60. The molecule has 1 aliphatic heterocycles. The standard InChI is InChI=1S/C12H16N2O/c1-9-12(2,3)11(15)14(13-9)10-7-5-4-6-8-10/h4-8,11,15H,1-3H3. The molecule has 0 aliphatic carbocycles. The fourth-order valence-corrected chi connectivity index (χ4v) is 1.62. The monoisotopic (exact) mass is 204 g/mol. The minimum absolute atomic E-state index is 0.282. The first kappa shape index (κ1) is 10.2. The molecule has 1 aliphatic rings. The molecule has 2 rings (SSSR count). The van der Waals surface area contributed by atoms with Crippen molar-refractivity contribution < 1.29 is 5.11 Å². The van der Waals surface area contributed by atoms with Gasteiger partial charge in [0.05, 0.1) is 11.1 Å². The smallest absolute Gasteiger partial charge is 0.157 e. The van der Waals surface area contributed by atoms with Crippen LogP contribution in [0.2, 0.25) is 0 Å². The average Bonchev–Trinajstić information content (AvgIpc) is 2.44. The Morgan fingerprint density at radius 2 is 1.87 bits per heavy atom. The summed E-state index contributed by atoms with van der Waals surface area (Å²) in [5.74, 6) is 0. The summed E-state index contributed by atoms with van der Waals surface area (Å²) in [6, 6.07) is 9.73. The van der Waals surface area contributed by atoms with Gasteiger partial charge in [0, 0.05) is 5.71 Å². The van der Waals surface area contributed by atoms with Crippen molar-refractivity contribution in [2.24, 2.45) is 10.5 Å². The van der Waals surface area contributed by atoms with Gasteiger partial charge >= 0.3 is 0 Å². The number of para-hydroxylation sites is 1. The van der Waals surface area contributed by atoms with Gasteiger partial charge in [-0.1, -0.05) is 32.0 Å². The van der Waals surface area contributed by atoms with E-state index in [0.29, 0.717) is 0 Å². The third kappa shape index (κ3) is 1.53. The van der Waals surface area contributed by atoms with E-state index in [2.05, 4.69) is 5.10 Å². The van der Waals surface area contributed by atoms with Crippen LogP contribution in [0, 0.1) is 5.41 Å². The van der Waals surface area contributed by atoms with Crippen molar-refractivity contribution in [1.82, 2.24) is 0 Å². The zero-order valence-electron chi connectivity index (χ0n) is 9.31. The van der Waals surface area contributed by atoms with Gasteiger partial charge in [-0.25, -0.2) is 5.01 Å². The van der Waals surface area contributed by atoms with Crippen LogP contribution in [0.25, 0.3) is 0 Å². The van der Waals surface area contributed by atoms with Crippen LogP contribution in [0.1, 0.15) is 20.8 Å². The molecule has 1 aromatic carbocycles. The SMILES string of the molecule is CC1=NN(c2ccccc2)C(O)C1(C)C. The Balaban J connectivity index is 2.35. The number of hydrazone groups is 1. The second kappa shape index (κ2) is 3.35. The van der Waals surface area contributed by atoms with Crippen molar-refractivity contribution in [2.75, 3.05) is 5.01 Å². The zero-order valence-corrected chi connectivity index (χ0v) is 9.31. The summed E-state index contributed by atoms with van der Waals surface area (Å²) in [7, 11) is 0. The molecule has 3 heteroatoms.